The van der Waals surface area contributed by atoms with E-state index in [1.807, 2.05) is 7.05 Å². The highest BCUT2D eigenvalue weighted by atomic mass is 32.1. The van der Waals surface area contributed by atoms with E-state index < -0.39 is 0 Å². The standard InChI is InChI=1S/C18H24N4O2S/c1-4-5-11-8-22-14(10-21(3)17(11)23)19-16-15(18(22)24)12-6-7-20(2)9-13(12)25-16/h11H,4-10H2,1-3H3. The van der Waals surface area contributed by atoms with E-state index >= 15 is 0 Å². The van der Waals surface area contributed by atoms with Gasteiger partial charge in [-0.05, 0) is 25.5 Å². The molecule has 6 nitrogen and oxygen atoms in total. The lowest BCUT2D eigenvalue weighted by atomic mass is 10.0. The van der Waals surface area contributed by atoms with Crippen LogP contribution in [0.4, 0.5) is 0 Å². The van der Waals surface area contributed by atoms with Crippen molar-refractivity contribution in [1.29, 1.82) is 0 Å². The Morgan fingerprint density at radius 3 is 2.80 bits per heavy atom. The van der Waals surface area contributed by atoms with Crippen LogP contribution in [-0.2, 0) is 30.8 Å². The lowest BCUT2D eigenvalue weighted by Crippen LogP contribution is -2.32. The molecule has 0 radical (unpaired) electrons. The van der Waals surface area contributed by atoms with Gasteiger partial charge in [0.2, 0.25) is 5.91 Å². The number of carbonyl (C=O) groups is 1. The van der Waals surface area contributed by atoms with E-state index in [4.69, 9.17) is 4.98 Å². The SMILES string of the molecule is CCCC1Cn2c(nc3sc4c(c3c2=O)CCN(C)C4)CN(C)C1=O. The smallest absolute Gasteiger partial charge is 0.262 e. The molecule has 0 saturated heterocycles. The van der Waals surface area contributed by atoms with Crippen LogP contribution in [0.1, 0.15) is 36.0 Å². The first kappa shape index (κ1) is 16.7. The van der Waals surface area contributed by atoms with Crippen LogP contribution in [0.15, 0.2) is 4.79 Å². The molecule has 2 aliphatic rings. The summed E-state index contributed by atoms with van der Waals surface area (Å²) in [5.74, 6) is 0.714. The Morgan fingerprint density at radius 1 is 1.24 bits per heavy atom. The molecule has 0 fully saturated rings. The molecule has 0 spiro atoms. The number of hydrogen-bond donors (Lipinski definition) is 0. The number of hydrogen-bond acceptors (Lipinski definition) is 5. The van der Waals surface area contributed by atoms with Crippen molar-refractivity contribution in [3.05, 3.63) is 26.6 Å². The summed E-state index contributed by atoms with van der Waals surface area (Å²) in [6.07, 6.45) is 2.64. The van der Waals surface area contributed by atoms with Gasteiger partial charge in [-0.3, -0.25) is 14.2 Å². The fourth-order valence-corrected chi connectivity index (χ4v) is 5.33. The Morgan fingerprint density at radius 2 is 2.04 bits per heavy atom. The molecule has 4 heterocycles. The number of amides is 1. The molecule has 1 atom stereocenters. The summed E-state index contributed by atoms with van der Waals surface area (Å²) in [5, 5.41) is 0.795. The molecule has 4 rings (SSSR count). The van der Waals surface area contributed by atoms with Crippen molar-refractivity contribution >= 4 is 27.5 Å². The van der Waals surface area contributed by atoms with E-state index in [0.717, 1.165) is 48.4 Å². The summed E-state index contributed by atoms with van der Waals surface area (Å²) in [7, 11) is 3.92. The number of likely N-dealkylation sites (N-methyl/N-ethyl adjacent to an activating group) is 1. The zero-order valence-corrected chi connectivity index (χ0v) is 15.9. The van der Waals surface area contributed by atoms with Gasteiger partial charge in [0, 0.05) is 31.6 Å². The average molecular weight is 360 g/mol. The molecule has 2 aromatic rings. The van der Waals surface area contributed by atoms with E-state index in [2.05, 4.69) is 18.9 Å². The summed E-state index contributed by atoms with van der Waals surface area (Å²) in [6, 6.07) is 0. The summed E-state index contributed by atoms with van der Waals surface area (Å²) in [6.45, 7) is 4.81. The number of thiophene rings is 1. The average Bonchev–Trinajstić information content (AvgIpc) is 2.88. The molecule has 7 heteroatoms. The number of aromatic nitrogens is 2. The maximum atomic E-state index is 13.3. The molecule has 134 valence electrons. The van der Waals surface area contributed by atoms with Crippen LogP contribution in [0, 0.1) is 5.92 Å². The predicted molar refractivity (Wildman–Crippen MR) is 98.8 cm³/mol. The molecule has 2 aromatic heterocycles. The van der Waals surface area contributed by atoms with Crippen LogP contribution in [0.25, 0.3) is 10.2 Å². The van der Waals surface area contributed by atoms with Crippen molar-refractivity contribution in [2.24, 2.45) is 5.92 Å². The molecule has 0 N–H and O–H groups in total. The third kappa shape index (κ3) is 2.69. The van der Waals surface area contributed by atoms with E-state index in [9.17, 15) is 9.59 Å². The van der Waals surface area contributed by atoms with Gasteiger partial charge in [0.05, 0.1) is 17.8 Å². The van der Waals surface area contributed by atoms with Gasteiger partial charge in [-0.15, -0.1) is 11.3 Å². The molecule has 0 aliphatic carbocycles. The van der Waals surface area contributed by atoms with Crippen LogP contribution in [0.3, 0.4) is 0 Å². The third-order valence-electron chi connectivity index (χ3n) is 5.37. The second-order valence-electron chi connectivity index (χ2n) is 7.30. The van der Waals surface area contributed by atoms with Crippen LogP contribution in [-0.4, -0.2) is 45.9 Å². The van der Waals surface area contributed by atoms with Crippen molar-refractivity contribution in [3.63, 3.8) is 0 Å². The monoisotopic (exact) mass is 360 g/mol. The fraction of sp³-hybridized carbons (Fsp3) is 0.611. The maximum Gasteiger partial charge on any atom is 0.262 e. The third-order valence-corrected chi connectivity index (χ3v) is 6.49. The number of nitrogens with zero attached hydrogens (tertiary/aromatic N) is 4. The Balaban J connectivity index is 1.88. The van der Waals surface area contributed by atoms with Crippen LogP contribution < -0.4 is 5.56 Å². The van der Waals surface area contributed by atoms with Gasteiger partial charge in [-0.2, -0.15) is 0 Å². The predicted octanol–water partition coefficient (Wildman–Crippen LogP) is 1.83. The summed E-state index contributed by atoms with van der Waals surface area (Å²) >= 11 is 1.64. The second kappa shape index (κ2) is 6.21. The molecule has 2 aliphatic heterocycles. The highest BCUT2D eigenvalue weighted by molar-refractivity contribution is 7.18. The van der Waals surface area contributed by atoms with Crippen LogP contribution >= 0.6 is 11.3 Å². The van der Waals surface area contributed by atoms with Gasteiger partial charge in [0.1, 0.15) is 10.7 Å². The van der Waals surface area contributed by atoms with Crippen LogP contribution in [0.2, 0.25) is 0 Å². The Bertz CT molecular complexity index is 901. The lowest BCUT2D eigenvalue weighted by molar-refractivity contribution is -0.134. The molecule has 1 amide bonds. The van der Waals surface area contributed by atoms with Gasteiger partial charge in [-0.25, -0.2) is 4.98 Å². The molecule has 0 bridgehead atoms. The normalized spacial score (nSPS) is 21.3. The number of fused-ring (bicyclic) bond motifs is 4. The molecular weight excluding hydrogens is 336 g/mol. The van der Waals surface area contributed by atoms with Crippen molar-refractivity contribution in [1.82, 2.24) is 19.4 Å². The first-order valence-corrected chi connectivity index (χ1v) is 9.78. The lowest BCUT2D eigenvalue weighted by Gasteiger charge is -2.21. The Kier molecular flexibility index (Phi) is 4.16. The number of carbonyl (C=O) groups excluding carboxylic acids is 1. The molecule has 0 saturated carbocycles. The van der Waals surface area contributed by atoms with Gasteiger partial charge in [-0.1, -0.05) is 13.3 Å². The van der Waals surface area contributed by atoms with Gasteiger partial charge in [0.25, 0.3) is 5.56 Å². The second-order valence-corrected chi connectivity index (χ2v) is 8.38. The van der Waals surface area contributed by atoms with Gasteiger partial charge < -0.3 is 9.80 Å². The van der Waals surface area contributed by atoms with E-state index in [1.54, 1.807) is 20.8 Å². The fourth-order valence-electron chi connectivity index (χ4n) is 4.02. The largest absolute Gasteiger partial charge is 0.338 e. The van der Waals surface area contributed by atoms with Crippen molar-refractivity contribution in [2.75, 3.05) is 20.6 Å². The minimum atomic E-state index is -0.131. The van der Waals surface area contributed by atoms with E-state index in [-0.39, 0.29) is 17.4 Å². The minimum absolute atomic E-state index is 0.0475. The van der Waals surface area contributed by atoms with Gasteiger partial charge >= 0.3 is 0 Å². The summed E-state index contributed by atoms with van der Waals surface area (Å²) in [4.78, 5) is 36.8. The highest BCUT2D eigenvalue weighted by Crippen LogP contribution is 2.32. The summed E-state index contributed by atoms with van der Waals surface area (Å²) in [5.41, 5.74) is 1.23. The molecule has 1 unspecified atom stereocenters. The van der Waals surface area contributed by atoms with Crippen LogP contribution in [0.5, 0.6) is 0 Å². The molecule has 25 heavy (non-hydrogen) atoms. The zero-order valence-electron chi connectivity index (χ0n) is 15.0. The molecular formula is C18H24N4O2S. The topological polar surface area (TPSA) is 58.4 Å². The summed E-state index contributed by atoms with van der Waals surface area (Å²) < 4.78 is 1.77. The van der Waals surface area contributed by atoms with Gasteiger partial charge in [0.15, 0.2) is 0 Å². The maximum absolute atomic E-state index is 13.3. The Labute approximate surface area is 151 Å². The quantitative estimate of drug-likeness (QED) is 0.820. The first-order valence-electron chi connectivity index (χ1n) is 8.97. The Hall–Kier alpha value is -1.73. The van der Waals surface area contributed by atoms with E-state index in [0.29, 0.717) is 13.1 Å². The van der Waals surface area contributed by atoms with Crippen molar-refractivity contribution < 1.29 is 4.79 Å². The molecule has 0 aromatic carbocycles. The van der Waals surface area contributed by atoms with E-state index in [1.165, 1.54) is 10.4 Å². The number of rotatable bonds is 2. The van der Waals surface area contributed by atoms with Crippen molar-refractivity contribution in [2.45, 2.75) is 45.8 Å². The minimum Gasteiger partial charge on any atom is -0.338 e. The first-order chi connectivity index (χ1) is 12.0. The zero-order chi connectivity index (χ0) is 17.7. The highest BCUT2D eigenvalue weighted by Gasteiger charge is 2.30. The van der Waals surface area contributed by atoms with Crippen molar-refractivity contribution in [3.8, 4) is 0 Å².